The van der Waals surface area contributed by atoms with Crippen LogP contribution in [-0.4, -0.2) is 17.4 Å². The van der Waals surface area contributed by atoms with Gasteiger partial charge in [0.05, 0.1) is 0 Å². The molecule has 0 aromatic carbocycles. The molecule has 100 valence electrons. The van der Waals surface area contributed by atoms with Gasteiger partial charge in [-0.3, -0.25) is 9.78 Å². The molecule has 2 rings (SSSR count). The van der Waals surface area contributed by atoms with Crippen LogP contribution in [0.1, 0.15) is 39.0 Å². The maximum Gasteiger partial charge on any atom is 0.211 e. The van der Waals surface area contributed by atoms with E-state index in [0.717, 1.165) is 11.6 Å². The maximum atomic E-state index is 9.84. The molecule has 1 heterocycles. The van der Waals surface area contributed by atoms with Crippen molar-refractivity contribution in [1.82, 2.24) is 4.98 Å². The van der Waals surface area contributed by atoms with E-state index >= 15 is 0 Å². The minimum Gasteiger partial charge on any atom is -0.329 e. The van der Waals surface area contributed by atoms with Gasteiger partial charge in [-0.15, -0.1) is 0 Å². The Labute approximate surface area is 109 Å². The fraction of sp³-hybridized carbons (Fsp3) is 0.571. The summed E-state index contributed by atoms with van der Waals surface area (Å²) in [5, 5.41) is 2.49. The number of nitrogens with zero attached hydrogens (tertiary/aromatic N) is 1. The van der Waals surface area contributed by atoms with E-state index < -0.39 is 0 Å². The molecule has 0 radical (unpaired) electrons. The largest absolute Gasteiger partial charge is 0.329 e. The molecule has 3 N–H and O–H groups in total. The Morgan fingerprint density at radius 1 is 1.33 bits per heavy atom. The highest BCUT2D eigenvalue weighted by atomic mass is 16.1. The molecule has 1 atom stereocenters. The Hall–Kier alpha value is -1.42. The third-order valence-electron chi connectivity index (χ3n) is 3.30. The molecule has 0 bridgehead atoms. The average molecular weight is 249 g/mol. The van der Waals surface area contributed by atoms with E-state index in [1.807, 2.05) is 0 Å². The molecule has 1 saturated carbocycles. The summed E-state index contributed by atoms with van der Waals surface area (Å²) < 4.78 is 0. The van der Waals surface area contributed by atoms with Crippen LogP contribution in [0.4, 0.5) is 5.69 Å². The zero-order chi connectivity index (χ0) is 13.2. The van der Waals surface area contributed by atoms with E-state index in [-0.39, 0.29) is 0 Å². The van der Waals surface area contributed by atoms with E-state index in [1.54, 1.807) is 24.5 Å². The normalized spacial score (nSPS) is 17.2. The molecule has 18 heavy (non-hydrogen) atoms. The number of anilines is 1. The molecule has 0 aliphatic heterocycles. The topological polar surface area (TPSA) is 68.0 Å². The SMILES string of the molecule is C[C@@H](N)C1CCCCC1.O=CNc1ccncc1. The van der Waals surface area contributed by atoms with Gasteiger partial charge in [0, 0.05) is 24.1 Å². The van der Waals surface area contributed by atoms with Crippen molar-refractivity contribution in [3.8, 4) is 0 Å². The Kier molecular flexibility index (Phi) is 7.03. The molecule has 1 aliphatic rings. The second-order valence-corrected chi connectivity index (χ2v) is 4.76. The predicted molar refractivity (Wildman–Crippen MR) is 74.1 cm³/mol. The van der Waals surface area contributed by atoms with Crippen molar-refractivity contribution >= 4 is 12.1 Å². The van der Waals surface area contributed by atoms with Gasteiger partial charge in [-0.1, -0.05) is 19.3 Å². The van der Waals surface area contributed by atoms with E-state index in [9.17, 15) is 4.79 Å². The second kappa shape index (κ2) is 8.64. The van der Waals surface area contributed by atoms with Gasteiger partial charge in [0.25, 0.3) is 0 Å². The van der Waals surface area contributed by atoms with Crippen molar-refractivity contribution in [2.45, 2.75) is 45.1 Å². The highest BCUT2D eigenvalue weighted by Gasteiger charge is 2.16. The number of nitrogens with two attached hydrogens (primary N) is 1. The van der Waals surface area contributed by atoms with Gasteiger partial charge < -0.3 is 11.1 Å². The van der Waals surface area contributed by atoms with Gasteiger partial charge >= 0.3 is 0 Å². The molecule has 0 saturated heterocycles. The first-order chi connectivity index (χ1) is 8.74. The lowest BCUT2D eigenvalue weighted by Gasteiger charge is -2.24. The van der Waals surface area contributed by atoms with Gasteiger partial charge in [0.2, 0.25) is 6.41 Å². The first-order valence-electron chi connectivity index (χ1n) is 6.60. The lowest BCUT2D eigenvalue weighted by molar-refractivity contribution is -0.105. The van der Waals surface area contributed by atoms with Crippen LogP contribution in [0.25, 0.3) is 0 Å². The molecule has 1 fully saturated rings. The van der Waals surface area contributed by atoms with Gasteiger partial charge in [0.15, 0.2) is 0 Å². The van der Waals surface area contributed by atoms with E-state index in [2.05, 4.69) is 17.2 Å². The average Bonchev–Trinajstić information content (AvgIpc) is 2.42. The van der Waals surface area contributed by atoms with Crippen LogP contribution in [0.15, 0.2) is 24.5 Å². The van der Waals surface area contributed by atoms with E-state index in [0.29, 0.717) is 12.5 Å². The van der Waals surface area contributed by atoms with E-state index in [1.165, 1.54) is 32.1 Å². The number of amides is 1. The lowest BCUT2D eigenvalue weighted by Crippen LogP contribution is -2.27. The molecule has 0 spiro atoms. The number of rotatable bonds is 3. The third kappa shape index (κ3) is 5.77. The minimum atomic E-state index is 0.435. The van der Waals surface area contributed by atoms with Crippen molar-refractivity contribution in [2.24, 2.45) is 11.7 Å². The Balaban J connectivity index is 0.000000180. The minimum absolute atomic E-state index is 0.435. The molecule has 0 unspecified atom stereocenters. The van der Waals surface area contributed by atoms with Crippen molar-refractivity contribution < 1.29 is 4.79 Å². The Morgan fingerprint density at radius 2 is 1.94 bits per heavy atom. The fourth-order valence-corrected chi connectivity index (χ4v) is 2.18. The number of carbonyl (C=O) groups excluding carboxylic acids is 1. The number of hydrogen-bond acceptors (Lipinski definition) is 3. The summed E-state index contributed by atoms with van der Waals surface area (Å²) in [7, 11) is 0. The van der Waals surface area contributed by atoms with Crippen LogP contribution in [0, 0.1) is 5.92 Å². The van der Waals surface area contributed by atoms with Crippen LogP contribution in [0.3, 0.4) is 0 Å². The molecule has 4 nitrogen and oxygen atoms in total. The monoisotopic (exact) mass is 249 g/mol. The summed E-state index contributed by atoms with van der Waals surface area (Å²) in [5.74, 6) is 0.832. The fourth-order valence-electron chi connectivity index (χ4n) is 2.18. The zero-order valence-corrected chi connectivity index (χ0v) is 11.0. The second-order valence-electron chi connectivity index (χ2n) is 4.76. The number of pyridine rings is 1. The summed E-state index contributed by atoms with van der Waals surface area (Å²) in [4.78, 5) is 13.6. The maximum absolute atomic E-state index is 9.84. The van der Waals surface area contributed by atoms with Gasteiger partial charge in [0.1, 0.15) is 0 Å². The summed E-state index contributed by atoms with van der Waals surface area (Å²) >= 11 is 0. The molecule has 1 amide bonds. The van der Waals surface area contributed by atoms with Gasteiger partial charge in [-0.25, -0.2) is 0 Å². The number of carbonyl (C=O) groups is 1. The van der Waals surface area contributed by atoms with Crippen molar-refractivity contribution in [3.63, 3.8) is 0 Å². The molecular formula is C14H23N3O. The predicted octanol–water partition coefficient (Wildman–Crippen LogP) is 2.56. The molecule has 1 aliphatic carbocycles. The molecule has 1 aromatic heterocycles. The number of aromatic nitrogens is 1. The Morgan fingerprint density at radius 3 is 2.39 bits per heavy atom. The van der Waals surface area contributed by atoms with Crippen molar-refractivity contribution in [1.29, 1.82) is 0 Å². The molecular weight excluding hydrogens is 226 g/mol. The quantitative estimate of drug-likeness (QED) is 0.809. The van der Waals surface area contributed by atoms with Crippen LogP contribution in [-0.2, 0) is 4.79 Å². The van der Waals surface area contributed by atoms with Gasteiger partial charge in [-0.05, 0) is 37.8 Å². The molecule has 1 aromatic rings. The zero-order valence-electron chi connectivity index (χ0n) is 11.0. The standard InChI is InChI=1S/C8H17N.C6H6N2O/c1-7(9)8-5-3-2-4-6-8;9-5-8-6-1-3-7-4-2-6/h7-8H,2-6,9H2,1H3;1-5H,(H,7,8,9)/t7-;/m1./s1. The Bertz CT molecular complexity index is 321. The summed E-state index contributed by atoms with van der Waals surface area (Å²) in [6.07, 6.45) is 10.9. The molecule has 4 heteroatoms. The highest BCUT2D eigenvalue weighted by molar-refractivity contribution is 5.70. The summed E-state index contributed by atoms with van der Waals surface area (Å²) in [6.45, 7) is 2.13. The van der Waals surface area contributed by atoms with Crippen molar-refractivity contribution in [2.75, 3.05) is 5.32 Å². The van der Waals surface area contributed by atoms with Gasteiger partial charge in [-0.2, -0.15) is 0 Å². The van der Waals surface area contributed by atoms with Crippen LogP contribution in [0.2, 0.25) is 0 Å². The highest BCUT2D eigenvalue weighted by Crippen LogP contribution is 2.25. The number of nitrogens with one attached hydrogen (secondary N) is 1. The van der Waals surface area contributed by atoms with Crippen LogP contribution >= 0.6 is 0 Å². The summed E-state index contributed by atoms with van der Waals surface area (Å²) in [5.41, 5.74) is 6.53. The smallest absolute Gasteiger partial charge is 0.211 e. The lowest BCUT2D eigenvalue weighted by atomic mass is 9.85. The number of hydrogen-bond donors (Lipinski definition) is 2. The first kappa shape index (κ1) is 14.6. The third-order valence-corrected chi connectivity index (χ3v) is 3.30. The first-order valence-corrected chi connectivity index (χ1v) is 6.60. The van der Waals surface area contributed by atoms with Crippen LogP contribution in [0.5, 0.6) is 0 Å². The van der Waals surface area contributed by atoms with E-state index in [4.69, 9.17) is 5.73 Å². The van der Waals surface area contributed by atoms with Crippen LogP contribution < -0.4 is 11.1 Å². The van der Waals surface area contributed by atoms with Crippen molar-refractivity contribution in [3.05, 3.63) is 24.5 Å². The summed E-state index contributed by atoms with van der Waals surface area (Å²) in [6, 6.07) is 3.87.